The Kier molecular flexibility index (Phi) is 6.93. The lowest BCUT2D eigenvalue weighted by Gasteiger charge is -2.08. The number of carbonyl (C=O) groups is 2. The molecular weight excluding hydrogens is 276 g/mol. The maximum absolute atomic E-state index is 11.6. The van der Waals surface area contributed by atoms with Gasteiger partial charge in [-0.25, -0.2) is 4.79 Å². The fourth-order valence-corrected chi connectivity index (χ4v) is 2.09. The molecule has 2 N–H and O–H groups in total. The molecule has 0 aliphatic rings. The number of methoxy groups -OCH3 is 1. The minimum Gasteiger partial charge on any atom is -0.497 e. The molecule has 0 spiro atoms. The van der Waals surface area contributed by atoms with E-state index in [1.165, 1.54) is 11.8 Å². The molecule has 1 aromatic carbocycles. The molecule has 0 heterocycles. The molecule has 0 radical (unpaired) electrons. The minimum absolute atomic E-state index is 0.183. The van der Waals surface area contributed by atoms with Gasteiger partial charge in [0.05, 0.1) is 12.9 Å². The van der Waals surface area contributed by atoms with Crippen LogP contribution < -0.4 is 15.4 Å². The first kappa shape index (κ1) is 16.4. The van der Waals surface area contributed by atoms with E-state index in [1.807, 2.05) is 38.1 Å². The third kappa shape index (κ3) is 6.47. The van der Waals surface area contributed by atoms with Crippen molar-refractivity contribution in [2.75, 3.05) is 19.4 Å². The second kappa shape index (κ2) is 8.47. The van der Waals surface area contributed by atoms with Crippen molar-refractivity contribution in [1.29, 1.82) is 0 Å². The summed E-state index contributed by atoms with van der Waals surface area (Å²) in [7, 11) is 1.59. The second-order valence-corrected chi connectivity index (χ2v) is 5.67. The Bertz CT molecular complexity index is 463. The van der Waals surface area contributed by atoms with E-state index in [4.69, 9.17) is 4.74 Å². The van der Waals surface area contributed by atoms with Crippen LogP contribution in [0.15, 0.2) is 29.2 Å². The van der Waals surface area contributed by atoms with E-state index in [2.05, 4.69) is 10.6 Å². The van der Waals surface area contributed by atoms with Crippen LogP contribution in [-0.4, -0.2) is 31.3 Å². The van der Waals surface area contributed by atoms with Crippen LogP contribution in [0.4, 0.5) is 4.79 Å². The van der Waals surface area contributed by atoms with Gasteiger partial charge in [0.25, 0.3) is 0 Å². The Hall–Kier alpha value is -1.69. The van der Waals surface area contributed by atoms with Gasteiger partial charge in [-0.1, -0.05) is 19.9 Å². The molecule has 0 saturated heterocycles. The topological polar surface area (TPSA) is 67.4 Å². The summed E-state index contributed by atoms with van der Waals surface area (Å²) in [6.45, 7) is 4.52. The third-order valence-electron chi connectivity index (χ3n) is 2.33. The number of ether oxygens (including phenoxy) is 1. The van der Waals surface area contributed by atoms with E-state index in [9.17, 15) is 9.59 Å². The summed E-state index contributed by atoms with van der Waals surface area (Å²) in [6.07, 6.45) is 0. The number of benzene rings is 1. The SMILES string of the molecule is COc1cccc(SCC(=O)NC(=O)NCC(C)C)c1. The summed E-state index contributed by atoms with van der Waals surface area (Å²) < 4.78 is 5.10. The monoisotopic (exact) mass is 296 g/mol. The predicted octanol–water partition coefficient (Wildman–Crippen LogP) is 2.27. The zero-order chi connectivity index (χ0) is 15.0. The van der Waals surface area contributed by atoms with Crippen molar-refractivity contribution >= 4 is 23.7 Å². The van der Waals surface area contributed by atoms with Crippen molar-refractivity contribution in [1.82, 2.24) is 10.6 Å². The molecule has 0 bridgehead atoms. The maximum atomic E-state index is 11.6. The van der Waals surface area contributed by atoms with E-state index < -0.39 is 6.03 Å². The van der Waals surface area contributed by atoms with Gasteiger partial charge in [-0.3, -0.25) is 10.1 Å². The first-order valence-electron chi connectivity index (χ1n) is 6.35. The highest BCUT2D eigenvalue weighted by atomic mass is 32.2. The molecule has 0 unspecified atom stereocenters. The summed E-state index contributed by atoms with van der Waals surface area (Å²) in [4.78, 5) is 23.9. The predicted molar refractivity (Wildman–Crippen MR) is 80.1 cm³/mol. The molecule has 20 heavy (non-hydrogen) atoms. The minimum atomic E-state index is -0.449. The number of rotatable bonds is 6. The highest BCUT2D eigenvalue weighted by molar-refractivity contribution is 8.00. The molecule has 0 saturated carbocycles. The van der Waals surface area contributed by atoms with Gasteiger partial charge in [0, 0.05) is 11.4 Å². The maximum Gasteiger partial charge on any atom is 0.321 e. The average Bonchev–Trinajstić information content (AvgIpc) is 2.43. The molecule has 0 atom stereocenters. The molecule has 3 amide bonds. The number of amides is 3. The van der Waals surface area contributed by atoms with Gasteiger partial charge >= 0.3 is 6.03 Å². The number of hydrogen-bond donors (Lipinski definition) is 2. The number of urea groups is 1. The van der Waals surface area contributed by atoms with Crippen molar-refractivity contribution in [3.05, 3.63) is 24.3 Å². The van der Waals surface area contributed by atoms with Crippen LogP contribution in [0.2, 0.25) is 0 Å². The lowest BCUT2D eigenvalue weighted by atomic mass is 10.2. The number of imide groups is 1. The highest BCUT2D eigenvalue weighted by Crippen LogP contribution is 2.22. The van der Waals surface area contributed by atoms with E-state index in [1.54, 1.807) is 7.11 Å². The molecule has 0 aromatic heterocycles. The number of hydrogen-bond acceptors (Lipinski definition) is 4. The van der Waals surface area contributed by atoms with Crippen LogP contribution in [0.5, 0.6) is 5.75 Å². The van der Waals surface area contributed by atoms with E-state index >= 15 is 0 Å². The Morgan fingerprint density at radius 2 is 2.10 bits per heavy atom. The van der Waals surface area contributed by atoms with Crippen LogP contribution in [0.25, 0.3) is 0 Å². The molecule has 0 aliphatic carbocycles. The zero-order valence-corrected chi connectivity index (χ0v) is 12.8. The molecule has 1 rings (SSSR count). The Morgan fingerprint density at radius 3 is 2.75 bits per heavy atom. The summed E-state index contributed by atoms with van der Waals surface area (Å²) in [5, 5.41) is 4.92. The van der Waals surface area contributed by atoms with Gasteiger partial charge < -0.3 is 10.1 Å². The van der Waals surface area contributed by atoms with Crippen molar-refractivity contribution in [2.24, 2.45) is 5.92 Å². The third-order valence-corrected chi connectivity index (χ3v) is 3.33. The zero-order valence-electron chi connectivity index (χ0n) is 11.9. The van der Waals surface area contributed by atoms with Crippen molar-refractivity contribution in [3.8, 4) is 5.75 Å². The molecule has 0 fully saturated rings. The number of thioether (sulfide) groups is 1. The molecule has 1 aromatic rings. The summed E-state index contributed by atoms with van der Waals surface area (Å²) in [6, 6.07) is 6.98. The molecule has 0 aliphatic heterocycles. The smallest absolute Gasteiger partial charge is 0.321 e. The van der Waals surface area contributed by atoms with E-state index in [0.29, 0.717) is 12.5 Å². The number of nitrogens with one attached hydrogen (secondary N) is 2. The van der Waals surface area contributed by atoms with Crippen molar-refractivity contribution < 1.29 is 14.3 Å². The first-order chi connectivity index (χ1) is 9.51. The van der Waals surface area contributed by atoms with Gasteiger partial charge in [0.1, 0.15) is 5.75 Å². The largest absolute Gasteiger partial charge is 0.497 e. The quantitative estimate of drug-likeness (QED) is 0.790. The average molecular weight is 296 g/mol. The van der Waals surface area contributed by atoms with Crippen molar-refractivity contribution in [3.63, 3.8) is 0 Å². The van der Waals surface area contributed by atoms with Gasteiger partial charge in [-0.15, -0.1) is 11.8 Å². The summed E-state index contributed by atoms with van der Waals surface area (Å²) in [5.74, 6) is 0.952. The van der Waals surface area contributed by atoms with E-state index in [-0.39, 0.29) is 11.7 Å². The lowest BCUT2D eigenvalue weighted by molar-refractivity contribution is -0.117. The van der Waals surface area contributed by atoms with Gasteiger partial charge in [-0.2, -0.15) is 0 Å². The fraction of sp³-hybridized carbons (Fsp3) is 0.429. The van der Waals surface area contributed by atoms with Crippen molar-refractivity contribution in [2.45, 2.75) is 18.7 Å². The fourth-order valence-electron chi connectivity index (χ4n) is 1.34. The second-order valence-electron chi connectivity index (χ2n) is 4.62. The van der Waals surface area contributed by atoms with Gasteiger partial charge in [-0.05, 0) is 24.1 Å². The summed E-state index contributed by atoms with van der Waals surface area (Å²) in [5.41, 5.74) is 0. The number of carbonyl (C=O) groups excluding carboxylic acids is 2. The Morgan fingerprint density at radius 1 is 1.35 bits per heavy atom. The molecular formula is C14H20N2O3S. The molecule has 5 nitrogen and oxygen atoms in total. The van der Waals surface area contributed by atoms with Crippen LogP contribution in [0.1, 0.15) is 13.8 Å². The summed E-state index contributed by atoms with van der Waals surface area (Å²) >= 11 is 1.35. The molecule has 6 heteroatoms. The van der Waals surface area contributed by atoms with Crippen LogP contribution in [-0.2, 0) is 4.79 Å². The Labute approximate surface area is 123 Å². The first-order valence-corrected chi connectivity index (χ1v) is 7.34. The standard InChI is InChI=1S/C14H20N2O3S/c1-10(2)8-15-14(18)16-13(17)9-20-12-6-4-5-11(7-12)19-3/h4-7,10H,8-9H2,1-3H3,(H2,15,16,17,18). The molecule has 110 valence electrons. The van der Waals surface area contributed by atoms with Crippen LogP contribution in [0, 0.1) is 5.92 Å². The van der Waals surface area contributed by atoms with Crippen LogP contribution in [0.3, 0.4) is 0 Å². The normalized spacial score (nSPS) is 10.2. The van der Waals surface area contributed by atoms with E-state index in [0.717, 1.165) is 10.6 Å². The van der Waals surface area contributed by atoms with Gasteiger partial charge in [0.15, 0.2) is 0 Å². The van der Waals surface area contributed by atoms with Gasteiger partial charge in [0.2, 0.25) is 5.91 Å². The Balaban J connectivity index is 2.33. The lowest BCUT2D eigenvalue weighted by Crippen LogP contribution is -2.41. The van der Waals surface area contributed by atoms with Crippen LogP contribution >= 0.6 is 11.8 Å². The highest BCUT2D eigenvalue weighted by Gasteiger charge is 2.08.